The Morgan fingerprint density at radius 2 is 2.19 bits per heavy atom. The Bertz CT molecular complexity index is 397. The topological polar surface area (TPSA) is 21.3 Å². The van der Waals surface area contributed by atoms with Crippen LogP contribution in [0.4, 0.5) is 0 Å². The maximum Gasteiger partial charge on any atom is 0.142 e. The fourth-order valence-corrected chi connectivity index (χ4v) is 2.78. The predicted molar refractivity (Wildman–Crippen MR) is 67.5 cm³/mol. The van der Waals surface area contributed by atoms with Crippen LogP contribution in [0.15, 0.2) is 6.07 Å². The Labute approximate surface area is 102 Å². The molecule has 1 fully saturated rings. The van der Waals surface area contributed by atoms with E-state index in [1.807, 2.05) is 6.07 Å². The van der Waals surface area contributed by atoms with Gasteiger partial charge in [-0.1, -0.05) is 11.6 Å². The van der Waals surface area contributed by atoms with Gasteiger partial charge in [0.05, 0.1) is 12.1 Å². The Hall–Kier alpha value is -0.730. The summed E-state index contributed by atoms with van der Waals surface area (Å²) >= 11 is 6.23. The number of ether oxygens (including phenoxy) is 1. The van der Waals surface area contributed by atoms with E-state index in [-0.39, 0.29) is 0 Å². The maximum atomic E-state index is 6.23. The van der Waals surface area contributed by atoms with E-state index in [0.717, 1.165) is 18.7 Å². The van der Waals surface area contributed by atoms with Crippen LogP contribution in [-0.4, -0.2) is 13.7 Å². The molecule has 0 saturated carbocycles. The van der Waals surface area contributed by atoms with E-state index in [0.29, 0.717) is 11.1 Å². The zero-order valence-corrected chi connectivity index (χ0v) is 10.8. The highest BCUT2D eigenvalue weighted by atomic mass is 35.5. The van der Waals surface area contributed by atoms with Crippen molar-refractivity contribution in [2.45, 2.75) is 32.7 Å². The third-order valence-electron chi connectivity index (χ3n) is 3.41. The summed E-state index contributed by atoms with van der Waals surface area (Å²) in [5, 5.41) is 4.22. The highest BCUT2D eigenvalue weighted by Gasteiger charge is 2.24. The van der Waals surface area contributed by atoms with Crippen molar-refractivity contribution in [3.8, 4) is 5.75 Å². The molecule has 0 radical (unpaired) electrons. The van der Waals surface area contributed by atoms with Gasteiger partial charge in [0.1, 0.15) is 5.75 Å². The van der Waals surface area contributed by atoms with Crippen LogP contribution < -0.4 is 10.1 Å². The SMILES string of the molecule is COc1c(Cl)cc(C)c(C)c1C1CCCN1. The number of halogens is 1. The lowest BCUT2D eigenvalue weighted by Crippen LogP contribution is -2.15. The van der Waals surface area contributed by atoms with Crippen LogP contribution in [0.25, 0.3) is 0 Å². The minimum Gasteiger partial charge on any atom is -0.495 e. The molecule has 0 bridgehead atoms. The van der Waals surface area contributed by atoms with Crippen LogP contribution in [0, 0.1) is 13.8 Å². The second-order valence-corrected chi connectivity index (χ2v) is 4.80. The molecule has 0 aliphatic carbocycles. The van der Waals surface area contributed by atoms with Gasteiger partial charge in [-0.25, -0.2) is 0 Å². The van der Waals surface area contributed by atoms with Crippen LogP contribution in [0.2, 0.25) is 5.02 Å². The number of hydrogen-bond donors (Lipinski definition) is 1. The minimum absolute atomic E-state index is 0.396. The Kier molecular flexibility index (Phi) is 3.41. The fraction of sp³-hybridized carbons (Fsp3) is 0.538. The van der Waals surface area contributed by atoms with E-state index in [4.69, 9.17) is 16.3 Å². The zero-order valence-electron chi connectivity index (χ0n) is 10.1. The number of aryl methyl sites for hydroxylation is 1. The van der Waals surface area contributed by atoms with Crippen molar-refractivity contribution in [1.82, 2.24) is 5.32 Å². The summed E-state index contributed by atoms with van der Waals surface area (Å²) in [7, 11) is 1.69. The quantitative estimate of drug-likeness (QED) is 0.854. The van der Waals surface area contributed by atoms with Crippen LogP contribution in [0.5, 0.6) is 5.75 Å². The van der Waals surface area contributed by atoms with Gasteiger partial charge in [-0.3, -0.25) is 0 Å². The lowest BCUT2D eigenvalue weighted by atomic mass is 9.95. The highest BCUT2D eigenvalue weighted by Crippen LogP contribution is 2.39. The molecule has 1 atom stereocenters. The summed E-state index contributed by atoms with van der Waals surface area (Å²) in [5.41, 5.74) is 3.76. The molecule has 1 saturated heterocycles. The van der Waals surface area contributed by atoms with Gasteiger partial charge < -0.3 is 10.1 Å². The molecule has 1 aromatic rings. The van der Waals surface area contributed by atoms with Crippen molar-refractivity contribution in [1.29, 1.82) is 0 Å². The van der Waals surface area contributed by atoms with Gasteiger partial charge in [0.2, 0.25) is 0 Å². The average molecular weight is 240 g/mol. The first-order valence-electron chi connectivity index (χ1n) is 5.72. The smallest absolute Gasteiger partial charge is 0.142 e. The molecule has 2 nitrogen and oxygen atoms in total. The lowest BCUT2D eigenvalue weighted by molar-refractivity contribution is 0.402. The van der Waals surface area contributed by atoms with Gasteiger partial charge in [0.15, 0.2) is 0 Å². The van der Waals surface area contributed by atoms with E-state index in [1.165, 1.54) is 23.1 Å². The monoisotopic (exact) mass is 239 g/mol. The molecule has 1 N–H and O–H groups in total. The molecule has 1 aromatic carbocycles. The molecule has 1 aliphatic rings. The predicted octanol–water partition coefficient (Wildman–Crippen LogP) is 3.39. The van der Waals surface area contributed by atoms with Gasteiger partial charge in [0, 0.05) is 11.6 Å². The van der Waals surface area contributed by atoms with Crippen molar-refractivity contribution in [3.63, 3.8) is 0 Å². The van der Waals surface area contributed by atoms with Crippen LogP contribution in [0.3, 0.4) is 0 Å². The normalized spacial score (nSPS) is 20.1. The molecule has 1 aliphatic heterocycles. The van der Waals surface area contributed by atoms with E-state index in [2.05, 4.69) is 19.2 Å². The molecule has 0 aromatic heterocycles. The largest absolute Gasteiger partial charge is 0.495 e. The van der Waals surface area contributed by atoms with Gasteiger partial charge >= 0.3 is 0 Å². The molecule has 1 heterocycles. The number of benzene rings is 1. The first-order valence-corrected chi connectivity index (χ1v) is 6.10. The van der Waals surface area contributed by atoms with Crippen molar-refractivity contribution in [2.75, 3.05) is 13.7 Å². The van der Waals surface area contributed by atoms with E-state index < -0.39 is 0 Å². The van der Waals surface area contributed by atoms with E-state index in [1.54, 1.807) is 7.11 Å². The highest BCUT2D eigenvalue weighted by molar-refractivity contribution is 6.32. The van der Waals surface area contributed by atoms with E-state index >= 15 is 0 Å². The van der Waals surface area contributed by atoms with Crippen LogP contribution in [-0.2, 0) is 0 Å². The number of hydrogen-bond acceptors (Lipinski definition) is 2. The molecule has 0 amide bonds. The molecule has 88 valence electrons. The summed E-state index contributed by atoms with van der Waals surface area (Å²) in [5.74, 6) is 0.837. The van der Waals surface area contributed by atoms with Crippen molar-refractivity contribution in [3.05, 3.63) is 27.8 Å². The Balaban J connectivity index is 2.54. The Morgan fingerprint density at radius 3 is 2.75 bits per heavy atom. The zero-order chi connectivity index (χ0) is 11.7. The summed E-state index contributed by atoms with van der Waals surface area (Å²) in [4.78, 5) is 0. The molecule has 2 rings (SSSR count). The van der Waals surface area contributed by atoms with Crippen molar-refractivity contribution >= 4 is 11.6 Å². The molecule has 16 heavy (non-hydrogen) atoms. The number of nitrogens with one attached hydrogen (secondary N) is 1. The summed E-state index contributed by atoms with van der Waals surface area (Å²) in [6.07, 6.45) is 2.38. The molecule has 1 unspecified atom stereocenters. The van der Waals surface area contributed by atoms with Gasteiger partial charge in [0.25, 0.3) is 0 Å². The van der Waals surface area contributed by atoms with Gasteiger partial charge in [-0.2, -0.15) is 0 Å². The first kappa shape index (κ1) is 11.7. The van der Waals surface area contributed by atoms with Crippen LogP contribution in [0.1, 0.15) is 35.6 Å². The summed E-state index contributed by atoms with van der Waals surface area (Å²) in [6, 6.07) is 2.38. The number of methoxy groups -OCH3 is 1. The first-order chi connectivity index (χ1) is 7.65. The van der Waals surface area contributed by atoms with E-state index in [9.17, 15) is 0 Å². The molecular weight excluding hydrogens is 222 g/mol. The van der Waals surface area contributed by atoms with Crippen molar-refractivity contribution < 1.29 is 4.74 Å². The minimum atomic E-state index is 0.396. The average Bonchev–Trinajstić information content (AvgIpc) is 2.76. The second kappa shape index (κ2) is 4.64. The summed E-state index contributed by atoms with van der Waals surface area (Å²) in [6.45, 7) is 5.32. The molecule has 3 heteroatoms. The Morgan fingerprint density at radius 1 is 1.44 bits per heavy atom. The third-order valence-corrected chi connectivity index (χ3v) is 3.69. The lowest BCUT2D eigenvalue weighted by Gasteiger charge is -2.20. The molecular formula is C13H18ClNO. The standard InChI is InChI=1S/C13H18ClNO/c1-8-7-10(14)13(16-3)12(9(8)2)11-5-4-6-15-11/h7,11,15H,4-6H2,1-3H3. The number of rotatable bonds is 2. The second-order valence-electron chi connectivity index (χ2n) is 4.40. The third kappa shape index (κ3) is 1.92. The van der Waals surface area contributed by atoms with Crippen molar-refractivity contribution in [2.24, 2.45) is 0 Å². The molecule has 0 spiro atoms. The van der Waals surface area contributed by atoms with Crippen LogP contribution >= 0.6 is 11.6 Å². The maximum absolute atomic E-state index is 6.23. The fourth-order valence-electron chi connectivity index (χ4n) is 2.43. The van der Waals surface area contributed by atoms with Gasteiger partial charge in [-0.05, 0) is 50.4 Å². The van der Waals surface area contributed by atoms with Gasteiger partial charge in [-0.15, -0.1) is 0 Å². The summed E-state index contributed by atoms with van der Waals surface area (Å²) < 4.78 is 5.45.